The summed E-state index contributed by atoms with van der Waals surface area (Å²) < 4.78 is 14.7. The lowest BCUT2D eigenvalue weighted by molar-refractivity contribution is -0.142. The van der Waals surface area contributed by atoms with Crippen molar-refractivity contribution in [2.24, 2.45) is 11.8 Å². The predicted molar refractivity (Wildman–Crippen MR) is 126 cm³/mol. The number of hydrogen-bond donors (Lipinski definition) is 4. The van der Waals surface area contributed by atoms with Gasteiger partial charge in [0.15, 0.2) is 6.17 Å². The molecule has 184 valence electrons. The molecule has 0 aliphatic rings. The number of halogens is 2. The zero-order valence-corrected chi connectivity index (χ0v) is 19.9. The molecule has 0 spiro atoms. The van der Waals surface area contributed by atoms with Crippen LogP contribution in [0, 0.1) is 11.8 Å². The lowest BCUT2D eigenvalue weighted by atomic mass is 9.92. The van der Waals surface area contributed by atoms with Crippen molar-refractivity contribution < 1.29 is 24.0 Å². The molecule has 0 saturated heterocycles. The smallest absolute Gasteiger partial charge is 0.278 e. The first-order chi connectivity index (χ1) is 16.2. The Morgan fingerprint density at radius 1 is 1.03 bits per heavy atom. The van der Waals surface area contributed by atoms with Crippen molar-refractivity contribution >= 4 is 29.3 Å². The molecule has 1 heterocycles. The monoisotopic (exact) mass is 492 g/mol. The second-order valence-electron chi connectivity index (χ2n) is 8.39. The van der Waals surface area contributed by atoms with Gasteiger partial charge in [0.05, 0.1) is 18.2 Å². The van der Waals surface area contributed by atoms with Crippen LogP contribution in [0.1, 0.15) is 37.9 Å². The first kappa shape index (κ1) is 27.2. The van der Waals surface area contributed by atoms with Crippen molar-refractivity contribution in [3.63, 3.8) is 0 Å². The summed E-state index contributed by atoms with van der Waals surface area (Å²) in [5, 5.41) is 14.7. The molecule has 0 radical (unpaired) electrons. The maximum atomic E-state index is 14.7. The van der Waals surface area contributed by atoms with Crippen LogP contribution >= 0.6 is 11.6 Å². The number of rotatable bonds is 12. The fourth-order valence-corrected chi connectivity index (χ4v) is 3.44. The fourth-order valence-electron chi connectivity index (χ4n) is 3.32. The van der Waals surface area contributed by atoms with Crippen LogP contribution in [0.3, 0.4) is 0 Å². The predicted octanol–water partition coefficient (Wildman–Crippen LogP) is 2.97. The number of carbonyl (C=O) groups is 3. The highest BCUT2D eigenvalue weighted by Gasteiger charge is 2.35. The minimum absolute atomic E-state index is 0.0707. The summed E-state index contributed by atoms with van der Waals surface area (Å²) in [5.74, 6) is -3.79. The number of nitrogens with one attached hydrogen (secondary N) is 3. The molecule has 8 nitrogen and oxygen atoms in total. The molecular weight excluding hydrogens is 463 g/mol. The van der Waals surface area contributed by atoms with E-state index in [0.717, 1.165) is 5.56 Å². The summed E-state index contributed by atoms with van der Waals surface area (Å²) in [4.78, 5) is 41.8. The van der Waals surface area contributed by atoms with E-state index in [9.17, 15) is 18.8 Å². The van der Waals surface area contributed by atoms with Gasteiger partial charge in [-0.15, -0.1) is 0 Å². The SMILES string of the molecule is CC(C)CC[C@@H](C(=O)N[C@@H](Cc1ccc(Cl)cc1)C(=O)NCc1ccccn1)[C@@H](F)C(=O)NO. The van der Waals surface area contributed by atoms with Crippen LogP contribution in [0.5, 0.6) is 0 Å². The Morgan fingerprint density at radius 3 is 2.32 bits per heavy atom. The van der Waals surface area contributed by atoms with Gasteiger partial charge in [-0.3, -0.25) is 24.6 Å². The average Bonchev–Trinajstić information content (AvgIpc) is 2.83. The molecule has 34 heavy (non-hydrogen) atoms. The standard InChI is InChI=1S/C24H30ClFN4O4/c1-15(2)6-11-19(21(26)24(33)30-34)22(31)29-20(13-16-7-9-17(25)10-8-16)23(32)28-14-18-5-3-4-12-27-18/h3-5,7-10,12,15,19-21,34H,6,11,13-14H2,1-2H3,(H,28,32)(H,29,31)(H,30,33)/t19-,20+,21-/m1/s1. The Bertz CT molecular complexity index is 944. The molecule has 2 rings (SSSR count). The molecular formula is C24H30ClFN4O4. The van der Waals surface area contributed by atoms with Crippen LogP contribution in [-0.2, 0) is 27.3 Å². The van der Waals surface area contributed by atoms with E-state index in [-0.39, 0.29) is 25.3 Å². The van der Waals surface area contributed by atoms with Crippen molar-refractivity contribution in [3.05, 3.63) is 64.9 Å². The largest absolute Gasteiger partial charge is 0.349 e. The van der Waals surface area contributed by atoms with Gasteiger partial charge in [0.1, 0.15) is 6.04 Å². The molecule has 10 heteroatoms. The van der Waals surface area contributed by atoms with E-state index in [1.165, 1.54) is 5.48 Å². The number of alkyl halides is 1. The molecule has 2 aromatic rings. The van der Waals surface area contributed by atoms with Crippen molar-refractivity contribution in [1.82, 2.24) is 21.1 Å². The average molecular weight is 493 g/mol. The molecule has 3 atom stereocenters. The number of aromatic nitrogens is 1. The highest BCUT2D eigenvalue weighted by atomic mass is 35.5. The van der Waals surface area contributed by atoms with E-state index in [1.54, 1.807) is 48.7 Å². The van der Waals surface area contributed by atoms with Gasteiger partial charge in [-0.1, -0.05) is 50.1 Å². The first-order valence-corrected chi connectivity index (χ1v) is 11.4. The van der Waals surface area contributed by atoms with Gasteiger partial charge in [-0.25, -0.2) is 9.87 Å². The number of benzene rings is 1. The highest BCUT2D eigenvalue weighted by molar-refractivity contribution is 6.30. The van der Waals surface area contributed by atoms with E-state index in [1.807, 2.05) is 13.8 Å². The highest BCUT2D eigenvalue weighted by Crippen LogP contribution is 2.20. The number of carbonyl (C=O) groups excluding carboxylic acids is 3. The van der Waals surface area contributed by atoms with Gasteiger partial charge < -0.3 is 10.6 Å². The third-order valence-electron chi connectivity index (χ3n) is 5.26. The molecule has 0 saturated carbocycles. The third kappa shape index (κ3) is 8.72. The lowest BCUT2D eigenvalue weighted by Crippen LogP contribution is -2.52. The molecule has 3 amide bonds. The minimum Gasteiger partial charge on any atom is -0.349 e. The Balaban J connectivity index is 2.20. The normalized spacial score (nSPS) is 13.6. The topological polar surface area (TPSA) is 120 Å². The number of amides is 3. The summed E-state index contributed by atoms with van der Waals surface area (Å²) in [6.45, 7) is 3.95. The van der Waals surface area contributed by atoms with E-state index >= 15 is 0 Å². The summed E-state index contributed by atoms with van der Waals surface area (Å²) in [6, 6.07) is 11.0. The van der Waals surface area contributed by atoms with E-state index in [0.29, 0.717) is 17.1 Å². The Hall–Kier alpha value is -3.04. The Labute approximate surface area is 203 Å². The molecule has 0 aliphatic heterocycles. The maximum Gasteiger partial charge on any atom is 0.278 e. The van der Waals surface area contributed by atoms with Crippen molar-refractivity contribution in [1.29, 1.82) is 0 Å². The summed E-state index contributed by atoms with van der Waals surface area (Å²) in [7, 11) is 0. The van der Waals surface area contributed by atoms with Gasteiger partial charge in [-0.2, -0.15) is 0 Å². The second kappa shape index (κ2) is 13.6. The summed E-state index contributed by atoms with van der Waals surface area (Å²) in [5.41, 5.74) is 2.61. The molecule has 0 unspecified atom stereocenters. The zero-order chi connectivity index (χ0) is 25.1. The third-order valence-corrected chi connectivity index (χ3v) is 5.51. The number of pyridine rings is 1. The molecule has 1 aromatic heterocycles. The number of hydroxylamine groups is 1. The minimum atomic E-state index is -2.27. The molecule has 4 N–H and O–H groups in total. The quantitative estimate of drug-likeness (QED) is 0.268. The van der Waals surface area contributed by atoms with Gasteiger partial charge in [0, 0.05) is 17.6 Å². The van der Waals surface area contributed by atoms with Gasteiger partial charge in [0.25, 0.3) is 5.91 Å². The molecule has 0 bridgehead atoms. The number of nitrogens with zero attached hydrogens (tertiary/aromatic N) is 1. The van der Waals surface area contributed by atoms with E-state index < -0.39 is 35.9 Å². The van der Waals surface area contributed by atoms with Gasteiger partial charge in [-0.05, 0) is 42.2 Å². The van der Waals surface area contributed by atoms with E-state index in [2.05, 4.69) is 15.6 Å². The maximum absolute atomic E-state index is 14.7. The van der Waals surface area contributed by atoms with Crippen molar-refractivity contribution in [3.8, 4) is 0 Å². The van der Waals surface area contributed by atoms with Gasteiger partial charge >= 0.3 is 0 Å². The molecule has 0 aliphatic carbocycles. The summed E-state index contributed by atoms with van der Waals surface area (Å²) in [6.07, 6.45) is 0.00136. The van der Waals surface area contributed by atoms with Crippen LogP contribution in [0.4, 0.5) is 4.39 Å². The zero-order valence-electron chi connectivity index (χ0n) is 19.1. The Morgan fingerprint density at radius 2 is 1.74 bits per heavy atom. The number of hydrogen-bond acceptors (Lipinski definition) is 5. The van der Waals surface area contributed by atoms with Crippen LogP contribution in [0.2, 0.25) is 5.02 Å². The first-order valence-electron chi connectivity index (χ1n) is 11.0. The fraction of sp³-hybridized carbons (Fsp3) is 0.417. The van der Waals surface area contributed by atoms with Crippen LogP contribution in [0.15, 0.2) is 48.7 Å². The second-order valence-corrected chi connectivity index (χ2v) is 8.82. The van der Waals surface area contributed by atoms with Crippen LogP contribution in [0.25, 0.3) is 0 Å². The van der Waals surface area contributed by atoms with Gasteiger partial charge in [0.2, 0.25) is 11.8 Å². The molecule has 1 aromatic carbocycles. The van der Waals surface area contributed by atoms with Crippen molar-refractivity contribution in [2.75, 3.05) is 0 Å². The van der Waals surface area contributed by atoms with Crippen LogP contribution in [-0.4, -0.2) is 40.1 Å². The molecule has 0 fully saturated rings. The van der Waals surface area contributed by atoms with Crippen LogP contribution < -0.4 is 16.1 Å². The Kier molecular flexibility index (Phi) is 10.9. The van der Waals surface area contributed by atoms with Crippen molar-refractivity contribution in [2.45, 2.75) is 51.9 Å². The lowest BCUT2D eigenvalue weighted by Gasteiger charge is -2.24. The summed E-state index contributed by atoms with van der Waals surface area (Å²) >= 11 is 5.94. The van der Waals surface area contributed by atoms with E-state index in [4.69, 9.17) is 16.8 Å².